The van der Waals surface area contributed by atoms with Gasteiger partial charge in [-0.1, -0.05) is 11.6 Å². The van der Waals surface area contributed by atoms with Gasteiger partial charge in [-0.05, 0) is 43.5 Å². The Hall–Kier alpha value is -2.25. The van der Waals surface area contributed by atoms with E-state index < -0.39 is 5.97 Å². The summed E-state index contributed by atoms with van der Waals surface area (Å²) in [7, 11) is 1.50. The molecule has 0 spiro atoms. The zero-order chi connectivity index (χ0) is 19.6. The molecule has 2 rings (SSSR count). The molecule has 27 heavy (non-hydrogen) atoms. The van der Waals surface area contributed by atoms with Crippen molar-refractivity contribution in [2.75, 3.05) is 33.5 Å². The molecule has 0 radical (unpaired) electrons. The molecule has 1 saturated heterocycles. The number of hydrogen-bond acceptors (Lipinski definition) is 6. The molecule has 8 heteroatoms. The first-order valence-electron chi connectivity index (χ1n) is 8.77. The fourth-order valence-electron chi connectivity index (χ4n) is 2.58. The van der Waals surface area contributed by atoms with Gasteiger partial charge in [-0.25, -0.2) is 4.79 Å². The summed E-state index contributed by atoms with van der Waals surface area (Å²) in [6, 6.07) is 3.34. The summed E-state index contributed by atoms with van der Waals surface area (Å²) < 4.78 is 21.0. The first kappa shape index (κ1) is 21.1. The number of nitrogens with one attached hydrogen (secondary N) is 1. The van der Waals surface area contributed by atoms with Crippen LogP contribution in [0.3, 0.4) is 0 Å². The van der Waals surface area contributed by atoms with Crippen LogP contribution in [0.2, 0.25) is 5.02 Å². The lowest BCUT2D eigenvalue weighted by molar-refractivity contribution is -0.143. The highest BCUT2D eigenvalue weighted by Crippen LogP contribution is 2.36. The zero-order valence-corrected chi connectivity index (χ0v) is 16.2. The van der Waals surface area contributed by atoms with E-state index in [1.165, 1.54) is 19.3 Å². The maximum atomic E-state index is 11.8. The second-order valence-corrected chi connectivity index (χ2v) is 6.25. The first-order chi connectivity index (χ1) is 13.0. The average molecular weight is 398 g/mol. The van der Waals surface area contributed by atoms with Crippen molar-refractivity contribution in [3.05, 3.63) is 28.8 Å². The summed E-state index contributed by atoms with van der Waals surface area (Å²) in [4.78, 5) is 23.5. The van der Waals surface area contributed by atoms with Crippen LogP contribution in [-0.4, -0.2) is 51.5 Å². The Bertz CT molecular complexity index is 685. The Morgan fingerprint density at radius 3 is 2.89 bits per heavy atom. The van der Waals surface area contributed by atoms with E-state index in [2.05, 4.69) is 5.32 Å². The minimum atomic E-state index is -0.632. The molecular formula is C19H24ClNO6. The Kier molecular flexibility index (Phi) is 8.42. The molecule has 1 aromatic carbocycles. The molecule has 148 valence electrons. The Balaban J connectivity index is 1.83. The van der Waals surface area contributed by atoms with Gasteiger partial charge in [0.2, 0.25) is 0 Å². The van der Waals surface area contributed by atoms with Gasteiger partial charge < -0.3 is 24.3 Å². The molecule has 0 aromatic heterocycles. The molecule has 0 bridgehead atoms. The van der Waals surface area contributed by atoms with E-state index in [0.717, 1.165) is 19.4 Å². The Morgan fingerprint density at radius 1 is 1.41 bits per heavy atom. The van der Waals surface area contributed by atoms with Crippen LogP contribution in [0, 0.1) is 0 Å². The van der Waals surface area contributed by atoms with Gasteiger partial charge in [-0.2, -0.15) is 0 Å². The molecule has 1 aliphatic rings. The molecule has 1 unspecified atom stereocenters. The van der Waals surface area contributed by atoms with E-state index >= 15 is 0 Å². The number of ether oxygens (including phenoxy) is 4. The van der Waals surface area contributed by atoms with Crippen molar-refractivity contribution in [1.29, 1.82) is 0 Å². The fourth-order valence-corrected chi connectivity index (χ4v) is 2.87. The fraction of sp³-hybridized carbons (Fsp3) is 0.474. The molecule has 1 fully saturated rings. The number of carbonyl (C=O) groups excluding carboxylic acids is 2. The predicted octanol–water partition coefficient (Wildman–Crippen LogP) is 2.60. The van der Waals surface area contributed by atoms with Crippen LogP contribution >= 0.6 is 11.6 Å². The van der Waals surface area contributed by atoms with Crippen LogP contribution in [0.1, 0.15) is 25.3 Å². The highest BCUT2D eigenvalue weighted by molar-refractivity contribution is 6.32. The number of benzene rings is 1. The number of rotatable bonds is 9. The molecule has 1 heterocycles. The van der Waals surface area contributed by atoms with E-state index in [1.807, 2.05) is 6.92 Å². The summed E-state index contributed by atoms with van der Waals surface area (Å²) in [5, 5.41) is 3.05. The maximum Gasteiger partial charge on any atom is 0.331 e. The lowest BCUT2D eigenvalue weighted by Gasteiger charge is -2.11. The van der Waals surface area contributed by atoms with Crippen molar-refractivity contribution < 1.29 is 28.5 Å². The SMILES string of the molecule is CCOc1cc(/C=C/C(=O)OCC(=O)NCC2CCCO2)cc(Cl)c1OC. The highest BCUT2D eigenvalue weighted by Gasteiger charge is 2.16. The van der Waals surface area contributed by atoms with Crippen molar-refractivity contribution in [1.82, 2.24) is 5.32 Å². The minimum absolute atomic E-state index is 0.0453. The van der Waals surface area contributed by atoms with Crippen molar-refractivity contribution in [2.24, 2.45) is 0 Å². The summed E-state index contributed by atoms with van der Waals surface area (Å²) >= 11 is 6.16. The van der Waals surface area contributed by atoms with Crippen molar-refractivity contribution in [3.63, 3.8) is 0 Å². The molecule has 0 aliphatic carbocycles. The van der Waals surface area contributed by atoms with Crippen molar-refractivity contribution in [3.8, 4) is 11.5 Å². The molecule has 1 N–H and O–H groups in total. The third-order valence-corrected chi connectivity index (χ3v) is 4.12. The van der Waals surface area contributed by atoms with Crippen LogP contribution < -0.4 is 14.8 Å². The van der Waals surface area contributed by atoms with Crippen molar-refractivity contribution >= 4 is 29.6 Å². The van der Waals surface area contributed by atoms with Gasteiger partial charge in [0.15, 0.2) is 18.1 Å². The Morgan fingerprint density at radius 2 is 2.22 bits per heavy atom. The van der Waals surface area contributed by atoms with Gasteiger partial charge >= 0.3 is 5.97 Å². The van der Waals surface area contributed by atoms with E-state index in [-0.39, 0.29) is 18.6 Å². The van der Waals surface area contributed by atoms with Gasteiger partial charge in [0.05, 0.1) is 24.8 Å². The van der Waals surface area contributed by atoms with Gasteiger partial charge in [0, 0.05) is 19.2 Å². The number of amides is 1. The summed E-state index contributed by atoms with van der Waals surface area (Å²) in [5.41, 5.74) is 0.643. The second-order valence-electron chi connectivity index (χ2n) is 5.85. The normalized spacial score (nSPS) is 16.3. The lowest BCUT2D eigenvalue weighted by atomic mass is 10.2. The number of esters is 1. The standard InChI is InChI=1S/C19H24ClNO6/c1-3-25-16-10-13(9-15(20)19(16)24-2)6-7-18(23)27-12-17(22)21-11-14-5-4-8-26-14/h6-7,9-10,14H,3-5,8,11-12H2,1-2H3,(H,21,22)/b7-6+. The quantitative estimate of drug-likeness (QED) is 0.509. The summed E-state index contributed by atoms with van der Waals surface area (Å²) in [6.07, 6.45) is 4.73. The molecule has 7 nitrogen and oxygen atoms in total. The molecule has 1 atom stereocenters. The van der Waals surface area contributed by atoms with E-state index in [0.29, 0.717) is 35.2 Å². The van der Waals surface area contributed by atoms with Gasteiger partial charge in [0.1, 0.15) is 0 Å². The molecule has 0 saturated carbocycles. The number of hydrogen-bond donors (Lipinski definition) is 1. The molecule has 1 aliphatic heterocycles. The number of methoxy groups -OCH3 is 1. The third-order valence-electron chi connectivity index (χ3n) is 3.84. The topological polar surface area (TPSA) is 83.1 Å². The summed E-state index contributed by atoms with van der Waals surface area (Å²) in [6.45, 7) is 3.10. The third kappa shape index (κ3) is 6.77. The van der Waals surface area contributed by atoms with E-state index in [4.69, 9.17) is 30.5 Å². The maximum absolute atomic E-state index is 11.8. The molecule has 1 amide bonds. The summed E-state index contributed by atoms with van der Waals surface area (Å²) in [5.74, 6) is -0.0827. The highest BCUT2D eigenvalue weighted by atomic mass is 35.5. The Labute approximate surface area is 163 Å². The van der Waals surface area contributed by atoms with Crippen LogP contribution in [0.4, 0.5) is 0 Å². The van der Waals surface area contributed by atoms with Gasteiger partial charge in [-0.15, -0.1) is 0 Å². The second kappa shape index (κ2) is 10.8. The average Bonchev–Trinajstić information content (AvgIpc) is 3.17. The smallest absolute Gasteiger partial charge is 0.331 e. The molecule has 1 aromatic rings. The number of halogens is 1. The van der Waals surface area contributed by atoms with Crippen molar-refractivity contribution in [2.45, 2.75) is 25.9 Å². The van der Waals surface area contributed by atoms with E-state index in [9.17, 15) is 9.59 Å². The minimum Gasteiger partial charge on any atom is -0.491 e. The molecular weight excluding hydrogens is 374 g/mol. The zero-order valence-electron chi connectivity index (χ0n) is 15.5. The van der Waals surface area contributed by atoms with Crippen LogP contribution in [-0.2, 0) is 19.1 Å². The van der Waals surface area contributed by atoms with Crippen LogP contribution in [0.25, 0.3) is 6.08 Å². The van der Waals surface area contributed by atoms with E-state index in [1.54, 1.807) is 12.1 Å². The van der Waals surface area contributed by atoms with Gasteiger partial charge in [0.25, 0.3) is 5.91 Å². The van der Waals surface area contributed by atoms with Crippen LogP contribution in [0.5, 0.6) is 11.5 Å². The van der Waals surface area contributed by atoms with Gasteiger partial charge in [-0.3, -0.25) is 4.79 Å². The lowest BCUT2D eigenvalue weighted by Crippen LogP contribution is -2.34. The van der Waals surface area contributed by atoms with Crippen LogP contribution in [0.15, 0.2) is 18.2 Å². The number of carbonyl (C=O) groups is 2. The first-order valence-corrected chi connectivity index (χ1v) is 9.14. The predicted molar refractivity (Wildman–Crippen MR) is 101 cm³/mol. The monoisotopic (exact) mass is 397 g/mol. The largest absolute Gasteiger partial charge is 0.491 e.